The Morgan fingerprint density at radius 1 is 0.750 bits per heavy atom. The first-order valence-electron chi connectivity index (χ1n) is 11.3. The Morgan fingerprint density at radius 3 is 1.64 bits per heavy atom. The van der Waals surface area contributed by atoms with Crippen molar-refractivity contribution in [1.29, 1.82) is 0 Å². The predicted octanol–water partition coefficient (Wildman–Crippen LogP) is 6.13. The molecule has 1 aromatic rings. The van der Waals surface area contributed by atoms with E-state index < -0.39 is 5.97 Å². The van der Waals surface area contributed by atoms with Gasteiger partial charge >= 0.3 is 5.97 Å². The van der Waals surface area contributed by atoms with E-state index >= 15 is 0 Å². The third-order valence-corrected chi connectivity index (χ3v) is 7.17. The van der Waals surface area contributed by atoms with Crippen molar-refractivity contribution in [3.05, 3.63) is 35.4 Å². The van der Waals surface area contributed by atoms with Crippen LogP contribution in [0.2, 0.25) is 0 Å². The maximum Gasteiger partial charge on any atom is 0.309 e. The molecule has 154 valence electrons. The molecule has 0 unspecified atom stereocenters. The van der Waals surface area contributed by atoms with E-state index in [1.54, 1.807) is 6.92 Å². The summed E-state index contributed by atoms with van der Waals surface area (Å²) in [6, 6.07) is 8.99. The van der Waals surface area contributed by atoms with Crippen LogP contribution in [0.25, 0.3) is 0 Å². The van der Waals surface area contributed by atoms with E-state index in [1.165, 1.54) is 36.8 Å². The molecule has 3 rings (SSSR count). The van der Waals surface area contributed by atoms with Gasteiger partial charge < -0.3 is 5.11 Å². The largest absolute Gasteiger partial charge is 0.481 e. The maximum atomic E-state index is 11.6. The molecule has 0 radical (unpaired) electrons. The van der Waals surface area contributed by atoms with Gasteiger partial charge in [-0.2, -0.15) is 0 Å². The van der Waals surface area contributed by atoms with Crippen LogP contribution in [0.3, 0.4) is 0 Å². The van der Waals surface area contributed by atoms with Gasteiger partial charge in [0.05, 0.1) is 5.41 Å². The van der Waals surface area contributed by atoms with Crippen LogP contribution in [0.5, 0.6) is 0 Å². The second kappa shape index (κ2) is 9.24. The van der Waals surface area contributed by atoms with E-state index in [1.807, 2.05) is 0 Å². The molecule has 3 heteroatoms. The number of hydrogen-bond acceptors (Lipinski definition) is 2. The van der Waals surface area contributed by atoms with E-state index in [2.05, 4.69) is 24.3 Å². The number of ketones is 1. The molecule has 2 aliphatic rings. The molecular formula is C25H36O3. The quantitative estimate of drug-likeness (QED) is 0.393. The zero-order valence-corrected chi connectivity index (χ0v) is 17.5. The van der Waals surface area contributed by atoms with Gasteiger partial charge in [-0.15, -0.1) is 0 Å². The van der Waals surface area contributed by atoms with Crippen molar-refractivity contribution in [2.45, 2.75) is 96.8 Å². The van der Waals surface area contributed by atoms with Gasteiger partial charge in [-0.25, -0.2) is 0 Å². The first-order valence-corrected chi connectivity index (χ1v) is 11.3. The van der Waals surface area contributed by atoms with Gasteiger partial charge in [-0.3, -0.25) is 9.59 Å². The number of carbonyl (C=O) groups is 2. The monoisotopic (exact) mass is 384 g/mol. The fourth-order valence-electron chi connectivity index (χ4n) is 4.46. The standard InChI is InChI=1S/C25H36O3/c1-20(26)24(16-17-24)14-6-3-2-4-8-21-10-12-22(13-11-21)9-5-7-15-25(18-19-25)23(27)28/h10-13H,2-9,14-19H2,1H3,(H,27,28). The minimum atomic E-state index is -0.595. The molecule has 0 amide bonds. The summed E-state index contributed by atoms with van der Waals surface area (Å²) in [5, 5.41) is 9.22. The first kappa shape index (κ1) is 21.1. The minimum Gasteiger partial charge on any atom is -0.481 e. The molecule has 0 heterocycles. The van der Waals surface area contributed by atoms with Crippen molar-refractivity contribution in [3.63, 3.8) is 0 Å². The number of hydrogen-bond donors (Lipinski definition) is 1. The second-order valence-electron chi connectivity index (χ2n) is 9.36. The Labute approximate surface area is 169 Å². The van der Waals surface area contributed by atoms with Crippen LogP contribution < -0.4 is 0 Å². The average Bonchev–Trinajstić information content (AvgIpc) is 3.58. The Morgan fingerprint density at radius 2 is 1.18 bits per heavy atom. The van der Waals surface area contributed by atoms with Crippen LogP contribution >= 0.6 is 0 Å². The summed E-state index contributed by atoms with van der Waals surface area (Å²) < 4.78 is 0. The van der Waals surface area contributed by atoms with Crippen LogP contribution in [0, 0.1) is 10.8 Å². The molecule has 0 atom stereocenters. The summed E-state index contributed by atoms with van der Waals surface area (Å²) in [4.78, 5) is 22.8. The van der Waals surface area contributed by atoms with Gasteiger partial charge in [0.2, 0.25) is 0 Å². The summed E-state index contributed by atoms with van der Waals surface area (Å²) in [7, 11) is 0. The molecule has 2 aliphatic carbocycles. The molecule has 0 aliphatic heterocycles. The third-order valence-electron chi connectivity index (χ3n) is 7.17. The molecule has 0 aromatic heterocycles. The average molecular weight is 385 g/mol. The fraction of sp³-hybridized carbons (Fsp3) is 0.680. The number of carbonyl (C=O) groups excluding carboxylic acids is 1. The fourth-order valence-corrected chi connectivity index (χ4v) is 4.46. The molecule has 1 N–H and O–H groups in total. The maximum absolute atomic E-state index is 11.6. The van der Waals surface area contributed by atoms with E-state index in [4.69, 9.17) is 0 Å². The summed E-state index contributed by atoms with van der Waals surface area (Å²) in [6.45, 7) is 1.76. The molecule has 2 fully saturated rings. The predicted molar refractivity (Wildman–Crippen MR) is 112 cm³/mol. The molecule has 28 heavy (non-hydrogen) atoms. The van der Waals surface area contributed by atoms with Gasteiger partial charge in [0, 0.05) is 5.41 Å². The Kier molecular flexibility index (Phi) is 6.95. The van der Waals surface area contributed by atoms with Crippen LogP contribution in [0.1, 0.15) is 95.1 Å². The first-order chi connectivity index (χ1) is 13.5. The lowest BCUT2D eigenvalue weighted by molar-refractivity contribution is -0.143. The van der Waals surface area contributed by atoms with Crippen molar-refractivity contribution in [2.24, 2.45) is 10.8 Å². The number of aryl methyl sites for hydroxylation is 2. The van der Waals surface area contributed by atoms with Crippen molar-refractivity contribution in [1.82, 2.24) is 0 Å². The highest BCUT2D eigenvalue weighted by Gasteiger charge is 2.49. The molecule has 0 saturated heterocycles. The highest BCUT2D eigenvalue weighted by atomic mass is 16.4. The minimum absolute atomic E-state index is 0.0860. The van der Waals surface area contributed by atoms with Gasteiger partial charge in [0.1, 0.15) is 5.78 Å². The van der Waals surface area contributed by atoms with Gasteiger partial charge in [0.25, 0.3) is 0 Å². The van der Waals surface area contributed by atoms with Crippen LogP contribution in [0.15, 0.2) is 24.3 Å². The Hall–Kier alpha value is -1.64. The number of Topliss-reactive ketones (excluding diaryl/α,β-unsaturated/α-hetero) is 1. The zero-order valence-electron chi connectivity index (χ0n) is 17.5. The number of unbranched alkanes of at least 4 members (excludes halogenated alkanes) is 4. The number of benzene rings is 1. The molecule has 0 spiro atoms. The molecule has 1 aromatic carbocycles. The summed E-state index contributed by atoms with van der Waals surface area (Å²) in [5.41, 5.74) is 2.49. The lowest BCUT2D eigenvalue weighted by Crippen LogP contribution is -2.14. The highest BCUT2D eigenvalue weighted by molar-refractivity contribution is 5.84. The summed E-state index contributed by atoms with van der Waals surface area (Å²) >= 11 is 0. The van der Waals surface area contributed by atoms with E-state index in [0.717, 1.165) is 64.2 Å². The number of rotatable bonds is 14. The highest BCUT2D eigenvalue weighted by Crippen LogP contribution is 2.51. The molecule has 3 nitrogen and oxygen atoms in total. The van der Waals surface area contributed by atoms with Crippen molar-refractivity contribution in [3.8, 4) is 0 Å². The zero-order chi connectivity index (χ0) is 20.0. The second-order valence-corrected chi connectivity index (χ2v) is 9.36. The van der Waals surface area contributed by atoms with Gasteiger partial charge in [-0.1, -0.05) is 49.9 Å². The summed E-state index contributed by atoms with van der Waals surface area (Å²) in [6.07, 6.45) is 15.1. The van der Waals surface area contributed by atoms with Crippen molar-refractivity contribution < 1.29 is 14.7 Å². The third kappa shape index (κ3) is 5.68. The van der Waals surface area contributed by atoms with Crippen LogP contribution in [-0.2, 0) is 22.4 Å². The van der Waals surface area contributed by atoms with Crippen LogP contribution in [-0.4, -0.2) is 16.9 Å². The number of aliphatic carboxylic acids is 1. The van der Waals surface area contributed by atoms with E-state index in [-0.39, 0.29) is 10.8 Å². The SMILES string of the molecule is CC(=O)C1(CCCCCCc2ccc(CCCCC3(C(=O)O)CC3)cc2)CC1. The van der Waals surface area contributed by atoms with Gasteiger partial charge in [-0.05, 0) is 82.3 Å². The van der Waals surface area contributed by atoms with Crippen LogP contribution in [0.4, 0.5) is 0 Å². The van der Waals surface area contributed by atoms with E-state index in [9.17, 15) is 14.7 Å². The van der Waals surface area contributed by atoms with Crippen molar-refractivity contribution >= 4 is 11.8 Å². The topological polar surface area (TPSA) is 54.4 Å². The van der Waals surface area contributed by atoms with E-state index in [0.29, 0.717) is 5.78 Å². The Balaban J connectivity index is 1.24. The molecule has 2 saturated carbocycles. The molecule has 0 bridgehead atoms. The van der Waals surface area contributed by atoms with Gasteiger partial charge in [0.15, 0.2) is 0 Å². The smallest absolute Gasteiger partial charge is 0.309 e. The number of carboxylic acids is 1. The summed E-state index contributed by atoms with van der Waals surface area (Å²) in [5.74, 6) is -0.190. The Bertz CT molecular complexity index is 666. The lowest BCUT2D eigenvalue weighted by atomic mass is 9.94. The molecular weight excluding hydrogens is 348 g/mol. The normalized spacial score (nSPS) is 18.6. The lowest BCUT2D eigenvalue weighted by Gasteiger charge is -2.10. The number of carboxylic acid groups (broad SMARTS) is 1. The van der Waals surface area contributed by atoms with Crippen molar-refractivity contribution in [2.75, 3.05) is 0 Å².